The highest BCUT2D eigenvalue weighted by Crippen LogP contribution is 2.40. The van der Waals surface area contributed by atoms with Crippen LogP contribution in [0.4, 0.5) is 0 Å². The number of hydrogen-bond donors (Lipinski definition) is 1. The van der Waals surface area contributed by atoms with Crippen LogP contribution in [0.5, 0.6) is 0 Å². The van der Waals surface area contributed by atoms with E-state index in [1.54, 1.807) is 0 Å². The van der Waals surface area contributed by atoms with Gasteiger partial charge in [-0.05, 0) is 38.0 Å². The molecule has 5 nitrogen and oxygen atoms in total. The van der Waals surface area contributed by atoms with Crippen molar-refractivity contribution in [3.63, 3.8) is 0 Å². The topological polar surface area (TPSA) is 68.0 Å². The van der Waals surface area contributed by atoms with Crippen LogP contribution >= 0.6 is 0 Å². The van der Waals surface area contributed by atoms with Gasteiger partial charge >= 0.3 is 0 Å². The molecule has 2 aliphatic rings. The van der Waals surface area contributed by atoms with Gasteiger partial charge in [0.05, 0.1) is 0 Å². The number of hydrogen-bond acceptors (Lipinski definition) is 4. The van der Waals surface area contributed by atoms with Gasteiger partial charge < -0.3 is 9.84 Å². The third-order valence-electron chi connectivity index (χ3n) is 3.55. The van der Waals surface area contributed by atoms with Crippen LogP contribution in [-0.2, 0) is 10.3 Å². The second-order valence-corrected chi connectivity index (χ2v) is 4.89. The molecule has 1 aromatic heterocycles. The van der Waals surface area contributed by atoms with Gasteiger partial charge in [-0.25, -0.2) is 0 Å². The summed E-state index contributed by atoms with van der Waals surface area (Å²) in [5.41, 5.74) is -0.334. The maximum Gasteiger partial charge on any atom is 0.221 e. The zero-order valence-corrected chi connectivity index (χ0v) is 9.11. The first-order valence-corrected chi connectivity index (χ1v) is 5.86. The fourth-order valence-corrected chi connectivity index (χ4v) is 2.22. The van der Waals surface area contributed by atoms with E-state index < -0.39 is 0 Å². The molecule has 0 saturated heterocycles. The number of carbonyl (C=O) groups excluding carboxylic acids is 1. The SMILES string of the molecule is O=C(CC1CC1)NC1(c2ncon2)CCC1. The average molecular weight is 221 g/mol. The van der Waals surface area contributed by atoms with E-state index in [2.05, 4.69) is 15.5 Å². The molecular weight excluding hydrogens is 206 g/mol. The highest BCUT2D eigenvalue weighted by atomic mass is 16.5. The Hall–Kier alpha value is -1.39. The molecule has 1 N–H and O–H groups in total. The van der Waals surface area contributed by atoms with Crippen LogP contribution in [0.3, 0.4) is 0 Å². The van der Waals surface area contributed by atoms with Gasteiger partial charge in [0.2, 0.25) is 12.3 Å². The van der Waals surface area contributed by atoms with E-state index in [1.807, 2.05) is 0 Å². The van der Waals surface area contributed by atoms with Gasteiger partial charge in [0, 0.05) is 6.42 Å². The lowest BCUT2D eigenvalue weighted by atomic mass is 9.76. The Morgan fingerprint density at radius 3 is 2.88 bits per heavy atom. The van der Waals surface area contributed by atoms with E-state index in [0.717, 1.165) is 19.3 Å². The van der Waals surface area contributed by atoms with Crippen LogP contribution in [0.1, 0.15) is 44.3 Å². The smallest absolute Gasteiger partial charge is 0.221 e. The number of amides is 1. The predicted molar refractivity (Wildman–Crippen MR) is 55.3 cm³/mol. The summed E-state index contributed by atoms with van der Waals surface area (Å²) in [5, 5.41) is 6.94. The second-order valence-electron chi connectivity index (χ2n) is 4.89. The first-order chi connectivity index (χ1) is 7.78. The van der Waals surface area contributed by atoms with Crippen molar-refractivity contribution in [1.29, 1.82) is 0 Å². The lowest BCUT2D eigenvalue weighted by Gasteiger charge is -2.39. The maximum absolute atomic E-state index is 11.8. The Bertz CT molecular complexity index is 380. The molecule has 1 aromatic rings. The summed E-state index contributed by atoms with van der Waals surface area (Å²) in [6.07, 6.45) is 7.32. The van der Waals surface area contributed by atoms with Crippen LogP contribution in [0.2, 0.25) is 0 Å². The van der Waals surface area contributed by atoms with Gasteiger partial charge in [-0.2, -0.15) is 4.98 Å². The summed E-state index contributed by atoms with van der Waals surface area (Å²) in [5.74, 6) is 1.37. The zero-order chi connectivity index (χ0) is 11.0. The molecule has 86 valence electrons. The molecule has 16 heavy (non-hydrogen) atoms. The van der Waals surface area contributed by atoms with Gasteiger partial charge in [-0.1, -0.05) is 5.16 Å². The zero-order valence-electron chi connectivity index (χ0n) is 9.11. The molecule has 2 saturated carbocycles. The first kappa shape index (κ1) is 9.81. The van der Waals surface area contributed by atoms with Crippen molar-refractivity contribution < 1.29 is 9.32 Å². The molecule has 2 fully saturated rings. The van der Waals surface area contributed by atoms with E-state index in [0.29, 0.717) is 18.2 Å². The number of nitrogens with zero attached hydrogens (tertiary/aromatic N) is 2. The molecular formula is C11H15N3O2. The van der Waals surface area contributed by atoms with Crippen molar-refractivity contribution in [2.45, 2.75) is 44.1 Å². The quantitative estimate of drug-likeness (QED) is 0.833. The number of aromatic nitrogens is 2. The number of carbonyl (C=O) groups is 1. The normalized spacial score (nSPS) is 22.5. The van der Waals surface area contributed by atoms with Gasteiger partial charge in [-0.15, -0.1) is 0 Å². The number of rotatable bonds is 4. The molecule has 0 aromatic carbocycles. The van der Waals surface area contributed by atoms with Crippen molar-refractivity contribution in [3.8, 4) is 0 Å². The summed E-state index contributed by atoms with van der Waals surface area (Å²) >= 11 is 0. The minimum Gasteiger partial charge on any atom is -0.343 e. The molecule has 1 heterocycles. The lowest BCUT2D eigenvalue weighted by molar-refractivity contribution is -0.124. The van der Waals surface area contributed by atoms with Crippen LogP contribution in [0.25, 0.3) is 0 Å². The fraction of sp³-hybridized carbons (Fsp3) is 0.727. The third kappa shape index (κ3) is 1.70. The second kappa shape index (κ2) is 3.57. The van der Waals surface area contributed by atoms with Crippen molar-refractivity contribution in [2.24, 2.45) is 5.92 Å². The van der Waals surface area contributed by atoms with E-state index in [4.69, 9.17) is 4.52 Å². The highest BCUT2D eigenvalue weighted by molar-refractivity contribution is 5.77. The summed E-state index contributed by atoms with van der Waals surface area (Å²) in [6.45, 7) is 0. The van der Waals surface area contributed by atoms with E-state index in [9.17, 15) is 4.79 Å². The van der Waals surface area contributed by atoms with Gasteiger partial charge in [0.1, 0.15) is 5.54 Å². The molecule has 0 radical (unpaired) electrons. The first-order valence-electron chi connectivity index (χ1n) is 5.86. The Morgan fingerprint density at radius 2 is 2.38 bits per heavy atom. The molecule has 0 spiro atoms. The molecule has 0 unspecified atom stereocenters. The standard InChI is InChI=1S/C11H15N3O2/c15-9(6-8-2-3-8)13-11(4-1-5-11)10-12-7-16-14-10/h7-8H,1-6H2,(H,13,15). The average Bonchev–Trinajstić information content (AvgIpc) is 2.83. The Labute approximate surface area is 93.6 Å². The molecule has 1 amide bonds. The van der Waals surface area contributed by atoms with Crippen LogP contribution in [0, 0.1) is 5.92 Å². The monoisotopic (exact) mass is 221 g/mol. The van der Waals surface area contributed by atoms with Crippen molar-refractivity contribution >= 4 is 5.91 Å². The summed E-state index contributed by atoms with van der Waals surface area (Å²) in [4.78, 5) is 15.9. The fourth-order valence-electron chi connectivity index (χ4n) is 2.22. The van der Waals surface area contributed by atoms with Gasteiger partial charge in [0.15, 0.2) is 5.82 Å². The van der Waals surface area contributed by atoms with E-state index in [-0.39, 0.29) is 11.4 Å². The molecule has 2 aliphatic carbocycles. The molecule has 5 heteroatoms. The van der Waals surface area contributed by atoms with Crippen LogP contribution in [0.15, 0.2) is 10.9 Å². The Kier molecular flexibility index (Phi) is 2.19. The molecule has 0 bridgehead atoms. The molecule has 0 atom stereocenters. The van der Waals surface area contributed by atoms with Crippen LogP contribution < -0.4 is 5.32 Å². The van der Waals surface area contributed by atoms with Gasteiger partial charge in [0.25, 0.3) is 0 Å². The number of nitrogens with one attached hydrogen (secondary N) is 1. The van der Waals surface area contributed by atoms with Crippen molar-refractivity contribution in [2.75, 3.05) is 0 Å². The molecule has 3 rings (SSSR count). The molecule has 0 aliphatic heterocycles. The highest BCUT2D eigenvalue weighted by Gasteiger charge is 2.44. The van der Waals surface area contributed by atoms with Crippen molar-refractivity contribution in [3.05, 3.63) is 12.2 Å². The minimum atomic E-state index is -0.334. The Morgan fingerprint density at radius 1 is 1.56 bits per heavy atom. The summed E-state index contributed by atoms with van der Waals surface area (Å²) in [7, 11) is 0. The minimum absolute atomic E-state index is 0.131. The third-order valence-corrected chi connectivity index (χ3v) is 3.55. The largest absolute Gasteiger partial charge is 0.343 e. The Balaban J connectivity index is 1.68. The van der Waals surface area contributed by atoms with E-state index in [1.165, 1.54) is 19.2 Å². The van der Waals surface area contributed by atoms with Gasteiger partial charge in [-0.3, -0.25) is 4.79 Å². The van der Waals surface area contributed by atoms with E-state index >= 15 is 0 Å². The lowest BCUT2D eigenvalue weighted by Crippen LogP contribution is -2.51. The van der Waals surface area contributed by atoms with Crippen molar-refractivity contribution in [1.82, 2.24) is 15.5 Å². The predicted octanol–water partition coefficient (Wildman–Crippen LogP) is 1.37. The summed E-state index contributed by atoms with van der Waals surface area (Å²) < 4.78 is 4.76. The summed E-state index contributed by atoms with van der Waals surface area (Å²) in [6, 6.07) is 0. The maximum atomic E-state index is 11.8. The van der Waals surface area contributed by atoms with Crippen LogP contribution in [-0.4, -0.2) is 16.0 Å².